The molecule has 0 atom stereocenters. The minimum atomic E-state index is -0.287. The van der Waals surface area contributed by atoms with Gasteiger partial charge in [-0.2, -0.15) is 0 Å². The molecule has 0 saturated heterocycles. The molecule has 0 aliphatic carbocycles. The molecular weight excluding hydrogens is 129 g/mol. The maximum Gasteiger partial charge on any atom is 0.190 e. The Labute approximate surface area is 58.9 Å². The molecule has 0 aromatic heterocycles. The molecule has 0 unspecified atom stereocenters. The minimum absolute atomic E-state index is 0.287. The molecule has 2 heteroatoms. The second-order valence-electron chi connectivity index (χ2n) is 2.04. The van der Waals surface area contributed by atoms with E-state index in [1.807, 2.05) is 0 Å². The first-order valence-electron chi connectivity index (χ1n) is 2.87. The Kier molecular flexibility index (Phi) is 1.68. The van der Waals surface area contributed by atoms with Gasteiger partial charge < -0.3 is 0 Å². The quantitative estimate of drug-likeness (QED) is 0.482. The predicted molar refractivity (Wildman–Crippen MR) is 37.4 cm³/mol. The first-order chi connectivity index (χ1) is 4.74. The Morgan fingerprint density at radius 2 is 2.20 bits per heavy atom. The Balaban J connectivity index is 3.23. The summed E-state index contributed by atoms with van der Waals surface area (Å²) in [5.74, 6) is -0.287. The lowest BCUT2D eigenvalue weighted by atomic mass is 10.2. The van der Waals surface area contributed by atoms with E-state index in [9.17, 15) is 4.39 Å². The van der Waals surface area contributed by atoms with Gasteiger partial charge in [0.15, 0.2) is 5.69 Å². The standard InChI is InChI=1S/C8H6FN/c1-6-5-7(9)3-4-8(6)10-2/h3-5H,1H3. The van der Waals surface area contributed by atoms with Crippen molar-refractivity contribution in [3.63, 3.8) is 0 Å². The van der Waals surface area contributed by atoms with Gasteiger partial charge in [0.1, 0.15) is 5.82 Å². The van der Waals surface area contributed by atoms with Crippen molar-refractivity contribution in [2.75, 3.05) is 0 Å². The topological polar surface area (TPSA) is 4.36 Å². The van der Waals surface area contributed by atoms with Crippen LogP contribution in [0.2, 0.25) is 0 Å². The third-order valence-corrected chi connectivity index (χ3v) is 1.28. The molecule has 50 valence electrons. The third-order valence-electron chi connectivity index (χ3n) is 1.28. The Hall–Kier alpha value is -1.36. The minimum Gasteiger partial charge on any atom is -0.238 e. The van der Waals surface area contributed by atoms with Crippen LogP contribution in [-0.2, 0) is 0 Å². The molecule has 0 N–H and O–H groups in total. The molecule has 0 bridgehead atoms. The van der Waals surface area contributed by atoms with Gasteiger partial charge in [0.25, 0.3) is 0 Å². The third kappa shape index (κ3) is 1.14. The van der Waals surface area contributed by atoms with Crippen molar-refractivity contribution in [3.05, 3.63) is 41.0 Å². The molecule has 1 aromatic rings. The molecule has 0 fully saturated rings. The van der Waals surface area contributed by atoms with Crippen molar-refractivity contribution in [2.24, 2.45) is 0 Å². The summed E-state index contributed by atoms with van der Waals surface area (Å²) in [7, 11) is 0. The number of aryl methyl sites for hydroxylation is 1. The SMILES string of the molecule is [C-]#[N+]c1ccc(F)cc1C. The van der Waals surface area contributed by atoms with Crippen LogP contribution in [-0.4, -0.2) is 0 Å². The smallest absolute Gasteiger partial charge is 0.190 e. The summed E-state index contributed by atoms with van der Waals surface area (Å²) < 4.78 is 12.4. The van der Waals surface area contributed by atoms with Crippen molar-refractivity contribution in [3.8, 4) is 0 Å². The average molecular weight is 135 g/mol. The van der Waals surface area contributed by atoms with E-state index < -0.39 is 0 Å². The monoisotopic (exact) mass is 135 g/mol. The molecule has 1 nitrogen and oxygen atoms in total. The number of benzene rings is 1. The second kappa shape index (κ2) is 2.49. The largest absolute Gasteiger partial charge is 0.238 e. The highest BCUT2D eigenvalue weighted by molar-refractivity contribution is 5.51. The summed E-state index contributed by atoms with van der Waals surface area (Å²) in [5, 5.41) is 0. The van der Waals surface area contributed by atoms with Gasteiger partial charge in [-0.3, -0.25) is 0 Å². The van der Waals surface area contributed by atoms with E-state index in [0.717, 1.165) is 0 Å². The highest BCUT2D eigenvalue weighted by atomic mass is 19.1. The van der Waals surface area contributed by atoms with Crippen molar-refractivity contribution in [2.45, 2.75) is 6.92 Å². The lowest BCUT2D eigenvalue weighted by molar-refractivity contribution is 0.627. The van der Waals surface area contributed by atoms with Crippen molar-refractivity contribution < 1.29 is 4.39 Å². The van der Waals surface area contributed by atoms with E-state index in [4.69, 9.17) is 6.57 Å². The van der Waals surface area contributed by atoms with Gasteiger partial charge in [0.2, 0.25) is 0 Å². The maximum atomic E-state index is 12.4. The molecule has 1 rings (SSSR count). The molecule has 0 radical (unpaired) electrons. The van der Waals surface area contributed by atoms with Crippen molar-refractivity contribution >= 4 is 5.69 Å². The number of nitrogens with zero attached hydrogens (tertiary/aromatic N) is 1. The summed E-state index contributed by atoms with van der Waals surface area (Å²) in [6.07, 6.45) is 0. The van der Waals surface area contributed by atoms with Crippen molar-refractivity contribution in [1.82, 2.24) is 0 Å². The van der Waals surface area contributed by atoms with Crippen molar-refractivity contribution in [1.29, 1.82) is 0 Å². The normalized spacial score (nSPS) is 8.90. The Bertz CT molecular complexity index is 286. The number of rotatable bonds is 0. The molecule has 0 amide bonds. The van der Waals surface area contributed by atoms with E-state index in [0.29, 0.717) is 11.3 Å². The van der Waals surface area contributed by atoms with E-state index in [2.05, 4.69) is 4.85 Å². The van der Waals surface area contributed by atoms with Gasteiger partial charge in [0, 0.05) is 0 Å². The van der Waals surface area contributed by atoms with Gasteiger partial charge in [-0.05, 0) is 24.6 Å². The van der Waals surface area contributed by atoms with Gasteiger partial charge in [-0.1, -0.05) is 6.07 Å². The summed E-state index contributed by atoms with van der Waals surface area (Å²) in [4.78, 5) is 3.19. The van der Waals surface area contributed by atoms with Gasteiger partial charge in [-0.25, -0.2) is 9.24 Å². The second-order valence-corrected chi connectivity index (χ2v) is 2.04. The average Bonchev–Trinajstić information content (AvgIpc) is 1.88. The van der Waals surface area contributed by atoms with Crippen LogP contribution < -0.4 is 0 Å². The first kappa shape index (κ1) is 6.76. The molecule has 0 spiro atoms. The summed E-state index contributed by atoms with van der Waals surface area (Å²) in [6, 6.07) is 4.13. The summed E-state index contributed by atoms with van der Waals surface area (Å²) in [6.45, 7) is 8.38. The molecule has 0 aliphatic rings. The van der Waals surface area contributed by atoms with E-state index >= 15 is 0 Å². The van der Waals surface area contributed by atoms with Gasteiger partial charge in [0.05, 0.1) is 6.57 Å². The zero-order chi connectivity index (χ0) is 7.56. The lowest BCUT2D eigenvalue weighted by Crippen LogP contribution is -1.75. The highest BCUT2D eigenvalue weighted by Crippen LogP contribution is 2.18. The predicted octanol–water partition coefficient (Wildman–Crippen LogP) is 2.68. The van der Waals surface area contributed by atoms with Crippen LogP contribution in [0.3, 0.4) is 0 Å². The van der Waals surface area contributed by atoms with Gasteiger partial charge in [-0.15, -0.1) is 0 Å². The van der Waals surface area contributed by atoms with E-state index in [1.54, 1.807) is 6.92 Å². The van der Waals surface area contributed by atoms with Crippen LogP contribution in [0.15, 0.2) is 18.2 Å². The van der Waals surface area contributed by atoms with Crippen LogP contribution in [0.4, 0.5) is 10.1 Å². The lowest BCUT2D eigenvalue weighted by Gasteiger charge is -1.94. The molecule has 10 heavy (non-hydrogen) atoms. The molecule has 0 saturated carbocycles. The molecule has 0 aliphatic heterocycles. The molecule has 0 heterocycles. The van der Waals surface area contributed by atoms with Crippen LogP contribution >= 0.6 is 0 Å². The number of hydrogen-bond donors (Lipinski definition) is 0. The molecule has 1 aromatic carbocycles. The number of halogens is 1. The summed E-state index contributed by atoms with van der Waals surface area (Å²) >= 11 is 0. The van der Waals surface area contributed by atoms with Gasteiger partial charge >= 0.3 is 0 Å². The van der Waals surface area contributed by atoms with Crippen LogP contribution in [0.5, 0.6) is 0 Å². The fourth-order valence-electron chi connectivity index (χ4n) is 0.744. The molecular formula is C8H6FN. The van der Waals surface area contributed by atoms with Crippen LogP contribution in [0.1, 0.15) is 5.56 Å². The van der Waals surface area contributed by atoms with Crippen LogP contribution in [0, 0.1) is 19.3 Å². The number of hydrogen-bond acceptors (Lipinski definition) is 0. The van der Waals surface area contributed by atoms with E-state index in [-0.39, 0.29) is 5.82 Å². The zero-order valence-electron chi connectivity index (χ0n) is 5.56. The summed E-state index contributed by atoms with van der Waals surface area (Å²) in [5.41, 5.74) is 1.21. The van der Waals surface area contributed by atoms with Crippen LogP contribution in [0.25, 0.3) is 4.85 Å². The first-order valence-corrected chi connectivity index (χ1v) is 2.87. The maximum absolute atomic E-state index is 12.4. The van der Waals surface area contributed by atoms with E-state index in [1.165, 1.54) is 18.2 Å². The zero-order valence-corrected chi connectivity index (χ0v) is 5.56. The Morgan fingerprint density at radius 3 is 2.70 bits per heavy atom. The Morgan fingerprint density at radius 1 is 1.50 bits per heavy atom. The highest BCUT2D eigenvalue weighted by Gasteiger charge is 1.96. The fourth-order valence-corrected chi connectivity index (χ4v) is 0.744. The fraction of sp³-hybridized carbons (Fsp3) is 0.125.